The number of benzene rings is 2. The van der Waals surface area contributed by atoms with Crippen molar-refractivity contribution >= 4 is 27.4 Å². The first-order valence-electron chi connectivity index (χ1n) is 11.3. The molecule has 2 aromatic carbocycles. The molecule has 4 aromatic rings. The van der Waals surface area contributed by atoms with Crippen LogP contribution in [0, 0.1) is 5.92 Å². The molecule has 0 radical (unpaired) electrons. The first-order chi connectivity index (χ1) is 16.5. The number of anilines is 1. The number of para-hydroxylation sites is 2. The van der Waals surface area contributed by atoms with Crippen LogP contribution in [0.2, 0.25) is 0 Å². The van der Waals surface area contributed by atoms with E-state index in [0.29, 0.717) is 29.4 Å². The maximum atomic E-state index is 10.3. The monoisotopic (exact) mass is 523 g/mol. The van der Waals surface area contributed by atoms with Crippen molar-refractivity contribution in [1.82, 2.24) is 19.5 Å². The largest absolute Gasteiger partial charge is 0.507 e. The van der Waals surface area contributed by atoms with Crippen LogP contribution in [0.5, 0.6) is 17.2 Å². The Morgan fingerprint density at radius 2 is 1.88 bits per heavy atom. The fraction of sp³-hybridized carbons (Fsp3) is 0.280. The molecule has 1 saturated heterocycles. The van der Waals surface area contributed by atoms with Gasteiger partial charge in [-0.2, -0.15) is 9.61 Å². The van der Waals surface area contributed by atoms with Gasteiger partial charge in [-0.3, -0.25) is 4.90 Å². The van der Waals surface area contributed by atoms with Crippen LogP contribution in [0.3, 0.4) is 0 Å². The topological polar surface area (TPSA) is 106 Å². The normalized spacial score (nSPS) is 16.7. The fourth-order valence-corrected chi connectivity index (χ4v) is 4.90. The minimum atomic E-state index is -0.0833. The standard InChI is InChI=1S/C25H26BrN5O3/c26-19-13-28-31-23(11-20(29-25(19)31)18-7-1-2-8-21(18)32)27-12-16-5-4-10-30(14-16)15-17-6-3-9-22(33)24(17)34/h1-3,6-9,11,13,16,27,32-34H,4-5,10,12,14-15H2. The number of nitrogens with one attached hydrogen (secondary N) is 1. The number of phenols is 3. The summed E-state index contributed by atoms with van der Waals surface area (Å²) in [5.74, 6) is 1.27. The van der Waals surface area contributed by atoms with Crippen molar-refractivity contribution in [2.45, 2.75) is 19.4 Å². The molecule has 0 bridgehead atoms. The van der Waals surface area contributed by atoms with Crippen LogP contribution in [0.25, 0.3) is 16.9 Å². The zero-order valence-corrected chi connectivity index (χ0v) is 20.1. The van der Waals surface area contributed by atoms with E-state index in [-0.39, 0.29) is 17.2 Å². The van der Waals surface area contributed by atoms with Crippen molar-refractivity contribution in [3.63, 3.8) is 0 Å². The van der Waals surface area contributed by atoms with Crippen LogP contribution in [-0.4, -0.2) is 54.5 Å². The smallest absolute Gasteiger partial charge is 0.172 e. The Morgan fingerprint density at radius 3 is 2.74 bits per heavy atom. The summed E-state index contributed by atoms with van der Waals surface area (Å²) >= 11 is 3.52. The molecule has 1 aliphatic rings. The highest BCUT2D eigenvalue weighted by atomic mass is 79.9. The van der Waals surface area contributed by atoms with Crippen molar-refractivity contribution in [3.05, 3.63) is 64.8 Å². The number of halogens is 1. The van der Waals surface area contributed by atoms with Gasteiger partial charge in [0.05, 0.1) is 16.4 Å². The maximum absolute atomic E-state index is 10.3. The van der Waals surface area contributed by atoms with Crippen LogP contribution < -0.4 is 5.32 Å². The lowest BCUT2D eigenvalue weighted by Crippen LogP contribution is -2.37. The Bertz CT molecular complexity index is 1330. The van der Waals surface area contributed by atoms with Gasteiger partial charge in [-0.1, -0.05) is 24.3 Å². The summed E-state index contributed by atoms with van der Waals surface area (Å²) < 4.78 is 2.54. The third-order valence-electron chi connectivity index (χ3n) is 6.28. The molecule has 2 aromatic heterocycles. The van der Waals surface area contributed by atoms with Gasteiger partial charge in [0.1, 0.15) is 11.6 Å². The molecular formula is C25H26BrN5O3. The Balaban J connectivity index is 1.33. The van der Waals surface area contributed by atoms with Gasteiger partial charge >= 0.3 is 0 Å². The molecule has 0 amide bonds. The number of nitrogens with zero attached hydrogens (tertiary/aromatic N) is 4. The van der Waals surface area contributed by atoms with Crippen LogP contribution >= 0.6 is 15.9 Å². The van der Waals surface area contributed by atoms with Crippen LogP contribution in [0.15, 0.2) is 59.2 Å². The number of aromatic hydroxyl groups is 3. The Kier molecular flexibility index (Phi) is 6.30. The summed E-state index contributed by atoms with van der Waals surface area (Å²) in [6.45, 7) is 3.18. The zero-order chi connectivity index (χ0) is 23.7. The first kappa shape index (κ1) is 22.5. The van der Waals surface area contributed by atoms with E-state index in [2.05, 4.69) is 31.2 Å². The van der Waals surface area contributed by atoms with Gasteiger partial charge < -0.3 is 20.6 Å². The molecule has 9 heteroatoms. The average molecular weight is 524 g/mol. The number of hydrogen-bond donors (Lipinski definition) is 4. The van der Waals surface area contributed by atoms with Crippen molar-refractivity contribution < 1.29 is 15.3 Å². The quantitative estimate of drug-likeness (QED) is 0.273. The molecule has 34 heavy (non-hydrogen) atoms. The Hall–Kier alpha value is -3.30. The summed E-state index contributed by atoms with van der Waals surface area (Å²) in [5, 5.41) is 38.3. The second-order valence-corrected chi connectivity index (χ2v) is 9.54. The number of phenolic OH excluding ortho intramolecular Hbond substituents is 3. The predicted molar refractivity (Wildman–Crippen MR) is 134 cm³/mol. The molecule has 176 valence electrons. The van der Waals surface area contributed by atoms with E-state index in [9.17, 15) is 15.3 Å². The highest BCUT2D eigenvalue weighted by Gasteiger charge is 2.22. The van der Waals surface area contributed by atoms with E-state index in [1.807, 2.05) is 24.3 Å². The van der Waals surface area contributed by atoms with Crippen LogP contribution in [0.1, 0.15) is 18.4 Å². The Morgan fingerprint density at radius 1 is 1.06 bits per heavy atom. The van der Waals surface area contributed by atoms with Gasteiger partial charge in [-0.15, -0.1) is 0 Å². The summed E-state index contributed by atoms with van der Waals surface area (Å²) in [4.78, 5) is 7.01. The number of piperidine rings is 1. The summed E-state index contributed by atoms with van der Waals surface area (Å²) in [5.41, 5.74) is 2.74. The second-order valence-electron chi connectivity index (χ2n) is 8.68. The van der Waals surface area contributed by atoms with Gasteiger partial charge in [0.25, 0.3) is 0 Å². The maximum Gasteiger partial charge on any atom is 0.172 e. The molecule has 5 rings (SSSR count). The lowest BCUT2D eigenvalue weighted by molar-refractivity contribution is 0.171. The number of rotatable bonds is 6. The third kappa shape index (κ3) is 4.53. The van der Waals surface area contributed by atoms with E-state index >= 15 is 0 Å². The zero-order valence-electron chi connectivity index (χ0n) is 18.5. The molecule has 1 fully saturated rings. The molecule has 1 atom stereocenters. The van der Waals surface area contributed by atoms with E-state index in [1.54, 1.807) is 28.9 Å². The average Bonchev–Trinajstić information content (AvgIpc) is 3.22. The lowest BCUT2D eigenvalue weighted by Gasteiger charge is -2.33. The molecule has 8 nitrogen and oxygen atoms in total. The number of hydrogen-bond acceptors (Lipinski definition) is 7. The predicted octanol–water partition coefficient (Wildman–Crippen LogP) is 4.60. The first-order valence-corrected chi connectivity index (χ1v) is 12.1. The molecule has 1 unspecified atom stereocenters. The molecule has 3 heterocycles. The van der Waals surface area contributed by atoms with E-state index < -0.39 is 0 Å². The minimum absolute atomic E-state index is 0.0390. The molecule has 0 spiro atoms. The van der Waals surface area contributed by atoms with Crippen LogP contribution in [0.4, 0.5) is 5.82 Å². The second kappa shape index (κ2) is 9.52. The molecule has 1 aliphatic heterocycles. The van der Waals surface area contributed by atoms with Crippen molar-refractivity contribution in [2.75, 3.05) is 25.0 Å². The van der Waals surface area contributed by atoms with Gasteiger partial charge in [0, 0.05) is 36.8 Å². The van der Waals surface area contributed by atoms with Gasteiger partial charge in [0.2, 0.25) is 0 Å². The van der Waals surface area contributed by atoms with E-state index in [0.717, 1.165) is 48.3 Å². The number of aromatic nitrogens is 3. The lowest BCUT2D eigenvalue weighted by atomic mass is 9.97. The molecule has 0 saturated carbocycles. The van der Waals surface area contributed by atoms with Gasteiger partial charge in [-0.25, -0.2) is 4.98 Å². The molecule has 4 N–H and O–H groups in total. The number of fused-ring (bicyclic) bond motifs is 1. The van der Waals surface area contributed by atoms with Crippen molar-refractivity contribution in [2.24, 2.45) is 5.92 Å². The summed E-state index contributed by atoms with van der Waals surface area (Å²) in [6, 6.07) is 14.2. The van der Waals surface area contributed by atoms with Gasteiger partial charge in [-0.05, 0) is 59.4 Å². The third-order valence-corrected chi connectivity index (χ3v) is 6.84. The van der Waals surface area contributed by atoms with Gasteiger partial charge in [0.15, 0.2) is 17.1 Å². The Labute approximate surface area is 205 Å². The number of likely N-dealkylation sites (tertiary alicyclic amines) is 1. The van der Waals surface area contributed by atoms with E-state index in [1.165, 1.54) is 6.07 Å². The SMILES string of the molecule is Oc1ccccc1-c1cc(NCC2CCCN(Cc3cccc(O)c3O)C2)n2ncc(Br)c2n1. The van der Waals surface area contributed by atoms with Crippen LogP contribution in [-0.2, 0) is 6.54 Å². The highest BCUT2D eigenvalue weighted by molar-refractivity contribution is 9.10. The summed E-state index contributed by atoms with van der Waals surface area (Å²) in [7, 11) is 0. The fourth-order valence-electron chi connectivity index (χ4n) is 4.55. The minimum Gasteiger partial charge on any atom is -0.507 e. The van der Waals surface area contributed by atoms with Crippen molar-refractivity contribution in [3.8, 4) is 28.5 Å². The van der Waals surface area contributed by atoms with E-state index in [4.69, 9.17) is 4.98 Å². The highest BCUT2D eigenvalue weighted by Crippen LogP contribution is 2.32. The molecular weight excluding hydrogens is 498 g/mol. The molecule has 0 aliphatic carbocycles. The summed E-state index contributed by atoms with van der Waals surface area (Å²) in [6.07, 6.45) is 3.87. The van der Waals surface area contributed by atoms with Crippen molar-refractivity contribution in [1.29, 1.82) is 0 Å².